The zero-order valence-electron chi connectivity index (χ0n) is 7.46. The average Bonchev–Trinajstić information content (AvgIpc) is 2.46. The molecule has 0 N–H and O–H groups in total. The molecule has 0 amide bonds. The highest BCUT2D eigenvalue weighted by molar-refractivity contribution is 7.13. The molecule has 0 aliphatic carbocycles. The lowest BCUT2D eigenvalue weighted by Crippen LogP contribution is -1.68. The maximum absolute atomic E-state index is 8.69. The number of aryl methyl sites for hydroxylation is 1. The summed E-state index contributed by atoms with van der Waals surface area (Å²) < 4.78 is 0. The molecule has 0 aromatic carbocycles. The third-order valence-electron chi connectivity index (χ3n) is 1.59. The lowest BCUT2D eigenvalue weighted by atomic mass is 10.2. The third-order valence-corrected chi connectivity index (χ3v) is 2.59. The fraction of sp³-hybridized carbons (Fsp3) is 0.200. The van der Waals surface area contributed by atoms with Crippen LogP contribution in [0, 0.1) is 29.6 Å². The first-order valence-corrected chi connectivity index (χ1v) is 4.58. The van der Waals surface area contributed by atoms with Crippen LogP contribution in [0.4, 0.5) is 0 Å². The van der Waals surface area contributed by atoms with Crippen molar-refractivity contribution in [3.05, 3.63) is 27.0 Å². The highest BCUT2D eigenvalue weighted by Gasteiger charge is 2.02. The Balaban J connectivity index is 3.08. The number of rotatable bonds is 1. The Hall–Kier alpha value is -1.58. The first-order chi connectivity index (χ1) is 6.17. The Morgan fingerprint density at radius 3 is 2.69 bits per heavy atom. The van der Waals surface area contributed by atoms with Gasteiger partial charge in [-0.15, -0.1) is 11.3 Å². The van der Waals surface area contributed by atoms with Crippen molar-refractivity contribution in [2.75, 3.05) is 0 Å². The molecule has 0 unspecified atom stereocenters. The van der Waals surface area contributed by atoms with E-state index < -0.39 is 0 Å². The molecule has 0 fully saturated rings. The van der Waals surface area contributed by atoms with Crippen LogP contribution in [0.3, 0.4) is 0 Å². The molecule has 0 saturated carbocycles. The summed E-state index contributed by atoms with van der Waals surface area (Å²) in [5, 5.41) is 17.2. The molecular formula is C10H8N2S. The van der Waals surface area contributed by atoms with Crippen molar-refractivity contribution in [1.29, 1.82) is 10.5 Å². The predicted octanol–water partition coefficient (Wildman–Crippen LogP) is 2.86. The minimum absolute atomic E-state index is 0.658. The van der Waals surface area contributed by atoms with Crippen molar-refractivity contribution in [1.82, 2.24) is 0 Å². The van der Waals surface area contributed by atoms with Crippen molar-refractivity contribution >= 4 is 17.4 Å². The van der Waals surface area contributed by atoms with Crippen LogP contribution in [-0.4, -0.2) is 0 Å². The largest absolute Gasteiger partial charge is 0.193 e. The summed E-state index contributed by atoms with van der Waals surface area (Å²) in [5.41, 5.74) is 1.35. The van der Waals surface area contributed by atoms with Crippen molar-refractivity contribution in [3.8, 4) is 12.1 Å². The molecule has 0 bridgehead atoms. The summed E-state index contributed by atoms with van der Waals surface area (Å²) in [6.45, 7) is 3.66. The van der Waals surface area contributed by atoms with Crippen LogP contribution in [-0.2, 0) is 0 Å². The molecule has 0 spiro atoms. The van der Waals surface area contributed by atoms with Crippen LogP contribution < -0.4 is 0 Å². The van der Waals surface area contributed by atoms with Crippen LogP contribution in [0.15, 0.2) is 11.6 Å². The molecule has 64 valence electrons. The first-order valence-electron chi connectivity index (χ1n) is 3.76. The van der Waals surface area contributed by atoms with Gasteiger partial charge in [-0.1, -0.05) is 0 Å². The van der Waals surface area contributed by atoms with E-state index in [1.54, 1.807) is 19.1 Å². The van der Waals surface area contributed by atoms with Crippen molar-refractivity contribution in [2.24, 2.45) is 0 Å². The Labute approximate surface area is 81.4 Å². The molecule has 1 heterocycles. The summed E-state index contributed by atoms with van der Waals surface area (Å²) >= 11 is 1.53. The van der Waals surface area contributed by atoms with Crippen molar-refractivity contribution in [3.63, 3.8) is 0 Å². The summed E-state index contributed by atoms with van der Waals surface area (Å²) in [6.07, 6.45) is 1.79. The van der Waals surface area contributed by atoms with E-state index in [0.29, 0.717) is 11.1 Å². The van der Waals surface area contributed by atoms with Gasteiger partial charge in [-0.25, -0.2) is 0 Å². The van der Waals surface area contributed by atoms with Crippen LogP contribution in [0.5, 0.6) is 0 Å². The fourth-order valence-corrected chi connectivity index (χ4v) is 1.91. The Kier molecular flexibility index (Phi) is 2.84. The fourth-order valence-electron chi connectivity index (χ4n) is 0.933. The lowest BCUT2D eigenvalue weighted by Gasteiger charge is -1.82. The second-order valence-electron chi connectivity index (χ2n) is 2.67. The normalized spacial score (nSPS) is 10.6. The van der Waals surface area contributed by atoms with Gasteiger partial charge in [0.05, 0.1) is 11.6 Å². The highest BCUT2D eigenvalue weighted by atomic mass is 32.1. The summed E-state index contributed by atoms with van der Waals surface area (Å²) in [4.78, 5) is 1.97. The van der Waals surface area contributed by atoms with E-state index >= 15 is 0 Å². The molecule has 1 aromatic rings. The number of hydrogen-bond acceptors (Lipinski definition) is 3. The van der Waals surface area contributed by atoms with Gasteiger partial charge in [0, 0.05) is 15.3 Å². The zero-order chi connectivity index (χ0) is 9.84. The van der Waals surface area contributed by atoms with Crippen LogP contribution >= 0.6 is 11.3 Å². The topological polar surface area (TPSA) is 47.6 Å². The van der Waals surface area contributed by atoms with Gasteiger partial charge in [0.15, 0.2) is 0 Å². The van der Waals surface area contributed by atoms with Crippen LogP contribution in [0.2, 0.25) is 0 Å². The summed E-state index contributed by atoms with van der Waals surface area (Å²) in [6, 6.07) is 5.96. The zero-order valence-corrected chi connectivity index (χ0v) is 8.27. The van der Waals surface area contributed by atoms with Gasteiger partial charge in [-0.2, -0.15) is 10.5 Å². The van der Waals surface area contributed by atoms with E-state index in [2.05, 4.69) is 6.07 Å². The Morgan fingerprint density at radius 1 is 1.54 bits per heavy atom. The van der Waals surface area contributed by atoms with Gasteiger partial charge in [0.1, 0.15) is 6.07 Å². The minimum atomic E-state index is 0.658. The van der Waals surface area contributed by atoms with Gasteiger partial charge in [0.25, 0.3) is 0 Å². The van der Waals surface area contributed by atoms with E-state index in [9.17, 15) is 0 Å². The van der Waals surface area contributed by atoms with Gasteiger partial charge >= 0.3 is 0 Å². The molecule has 0 saturated heterocycles. The van der Waals surface area contributed by atoms with Crippen molar-refractivity contribution < 1.29 is 0 Å². The minimum Gasteiger partial charge on any atom is -0.193 e. The first kappa shape index (κ1) is 9.51. The summed E-state index contributed by atoms with van der Waals surface area (Å²) in [5.74, 6) is 0. The van der Waals surface area contributed by atoms with E-state index in [1.165, 1.54) is 11.3 Å². The maximum Gasteiger partial charge on any atom is 0.100 e. The summed E-state index contributed by atoms with van der Waals surface area (Å²) in [7, 11) is 0. The van der Waals surface area contributed by atoms with Gasteiger partial charge in [-0.3, -0.25) is 0 Å². The number of allylic oxidation sites excluding steroid dienone is 1. The molecule has 0 atom stereocenters. The van der Waals surface area contributed by atoms with E-state index in [-0.39, 0.29) is 0 Å². The molecule has 0 aliphatic heterocycles. The van der Waals surface area contributed by atoms with E-state index in [1.807, 2.05) is 13.0 Å². The number of hydrogen-bond donors (Lipinski definition) is 0. The number of nitriles is 2. The van der Waals surface area contributed by atoms with Gasteiger partial charge in [-0.05, 0) is 26.0 Å². The monoisotopic (exact) mass is 188 g/mol. The molecular weight excluding hydrogens is 180 g/mol. The standard InChI is InChI=1S/C10H8N2S/c1-7(5-11)3-10-4-9(6-12)8(2)13-10/h3-4H,1-2H3/b7-3-. The number of thiophene rings is 1. The van der Waals surface area contributed by atoms with E-state index in [4.69, 9.17) is 10.5 Å². The van der Waals surface area contributed by atoms with E-state index in [0.717, 1.165) is 9.75 Å². The lowest BCUT2D eigenvalue weighted by molar-refractivity contribution is 1.46. The SMILES string of the molecule is C/C(C#N)=C/c1cc(C#N)c(C)s1. The van der Waals surface area contributed by atoms with Crippen molar-refractivity contribution in [2.45, 2.75) is 13.8 Å². The molecule has 2 nitrogen and oxygen atoms in total. The van der Waals surface area contributed by atoms with Crippen LogP contribution in [0.1, 0.15) is 22.2 Å². The molecule has 1 aromatic heterocycles. The molecule has 1 rings (SSSR count). The van der Waals surface area contributed by atoms with Gasteiger partial charge in [0.2, 0.25) is 0 Å². The molecule has 0 aliphatic rings. The van der Waals surface area contributed by atoms with Crippen LogP contribution in [0.25, 0.3) is 6.08 Å². The third kappa shape index (κ3) is 2.18. The molecule has 0 radical (unpaired) electrons. The highest BCUT2D eigenvalue weighted by Crippen LogP contribution is 2.22. The predicted molar refractivity (Wildman–Crippen MR) is 53.0 cm³/mol. The number of nitrogens with zero attached hydrogens (tertiary/aromatic N) is 2. The van der Waals surface area contributed by atoms with Gasteiger partial charge < -0.3 is 0 Å². The quantitative estimate of drug-likeness (QED) is 0.636. The smallest absolute Gasteiger partial charge is 0.100 e. The average molecular weight is 188 g/mol. The molecule has 13 heavy (non-hydrogen) atoms. The maximum atomic E-state index is 8.69. The molecule has 3 heteroatoms. The Morgan fingerprint density at radius 2 is 2.23 bits per heavy atom. The Bertz CT molecular complexity index is 427. The second kappa shape index (κ2) is 3.89. The second-order valence-corrected chi connectivity index (χ2v) is 3.96.